The van der Waals surface area contributed by atoms with Crippen LogP contribution in [0.25, 0.3) is 0 Å². The van der Waals surface area contributed by atoms with Gasteiger partial charge in [-0.05, 0) is 44.5 Å². The third kappa shape index (κ3) is 4.98. The number of aromatic nitrogens is 1. The lowest BCUT2D eigenvalue weighted by molar-refractivity contribution is 0.0938. The van der Waals surface area contributed by atoms with Crippen LogP contribution in [0.1, 0.15) is 43.1 Å². The molecule has 1 amide bonds. The molecule has 1 aromatic heterocycles. The quantitative estimate of drug-likeness (QED) is 0.804. The van der Waals surface area contributed by atoms with Gasteiger partial charge in [0.25, 0.3) is 5.91 Å². The molecule has 1 heterocycles. The molecule has 0 fully saturated rings. The first-order valence-corrected chi connectivity index (χ1v) is 8.23. The molecule has 128 valence electrons. The molecule has 0 saturated heterocycles. The average molecular weight is 328 g/mol. The van der Waals surface area contributed by atoms with Crippen LogP contribution in [0, 0.1) is 0 Å². The first kappa shape index (κ1) is 17.8. The maximum atomic E-state index is 12.2. The molecule has 0 bridgehead atoms. The van der Waals surface area contributed by atoms with E-state index in [0.29, 0.717) is 30.3 Å². The molecular weight excluding hydrogens is 304 g/mol. The molecule has 1 atom stereocenters. The Hall–Kier alpha value is -2.56. The predicted octanol–water partition coefficient (Wildman–Crippen LogP) is 3.59. The number of ether oxygens (including phenoxy) is 2. The zero-order valence-corrected chi connectivity index (χ0v) is 14.4. The van der Waals surface area contributed by atoms with Gasteiger partial charge in [-0.1, -0.05) is 13.0 Å². The standard InChI is InChI=1S/C19H24N2O3/c1-4-14(3)21-19(22)16-8-9-17(18(11-16)23-5-2)24-13-15-7-6-10-20-12-15/h6-12,14H,4-5,13H2,1-3H3,(H,21,22). The van der Waals surface area contributed by atoms with Gasteiger partial charge in [-0.2, -0.15) is 0 Å². The van der Waals surface area contributed by atoms with Gasteiger partial charge in [0.1, 0.15) is 6.61 Å². The highest BCUT2D eigenvalue weighted by atomic mass is 16.5. The summed E-state index contributed by atoms with van der Waals surface area (Å²) < 4.78 is 11.4. The molecule has 0 aliphatic carbocycles. The molecule has 2 rings (SSSR count). The van der Waals surface area contributed by atoms with Gasteiger partial charge in [0.05, 0.1) is 6.61 Å². The van der Waals surface area contributed by atoms with E-state index >= 15 is 0 Å². The number of carbonyl (C=O) groups is 1. The van der Waals surface area contributed by atoms with Crippen molar-refractivity contribution >= 4 is 5.91 Å². The van der Waals surface area contributed by atoms with Crippen molar-refractivity contribution < 1.29 is 14.3 Å². The maximum Gasteiger partial charge on any atom is 0.251 e. The zero-order chi connectivity index (χ0) is 17.4. The van der Waals surface area contributed by atoms with E-state index in [1.807, 2.05) is 32.9 Å². The number of benzene rings is 1. The molecule has 24 heavy (non-hydrogen) atoms. The van der Waals surface area contributed by atoms with Gasteiger partial charge < -0.3 is 14.8 Å². The van der Waals surface area contributed by atoms with Crippen LogP contribution in [0.3, 0.4) is 0 Å². The predicted molar refractivity (Wildman–Crippen MR) is 93.4 cm³/mol. The van der Waals surface area contributed by atoms with E-state index in [9.17, 15) is 4.79 Å². The summed E-state index contributed by atoms with van der Waals surface area (Å²) in [6.07, 6.45) is 4.37. The van der Waals surface area contributed by atoms with Crippen molar-refractivity contribution in [3.8, 4) is 11.5 Å². The fraction of sp³-hybridized carbons (Fsp3) is 0.368. The number of hydrogen-bond acceptors (Lipinski definition) is 4. The lowest BCUT2D eigenvalue weighted by Gasteiger charge is -2.15. The molecule has 5 nitrogen and oxygen atoms in total. The zero-order valence-electron chi connectivity index (χ0n) is 14.4. The topological polar surface area (TPSA) is 60.5 Å². The first-order valence-electron chi connectivity index (χ1n) is 8.23. The van der Waals surface area contributed by atoms with Crippen molar-refractivity contribution in [1.29, 1.82) is 0 Å². The van der Waals surface area contributed by atoms with Gasteiger partial charge in [-0.3, -0.25) is 9.78 Å². The van der Waals surface area contributed by atoms with Crippen LogP contribution in [0.15, 0.2) is 42.7 Å². The van der Waals surface area contributed by atoms with Crippen molar-refractivity contribution in [1.82, 2.24) is 10.3 Å². The summed E-state index contributed by atoms with van der Waals surface area (Å²) in [5, 5.41) is 2.95. The Labute approximate surface area is 143 Å². The molecule has 5 heteroatoms. The summed E-state index contributed by atoms with van der Waals surface area (Å²) >= 11 is 0. The van der Waals surface area contributed by atoms with Crippen LogP contribution >= 0.6 is 0 Å². The minimum atomic E-state index is -0.107. The molecule has 1 unspecified atom stereocenters. The van der Waals surface area contributed by atoms with Crippen LogP contribution < -0.4 is 14.8 Å². The normalized spacial score (nSPS) is 11.6. The number of pyridine rings is 1. The molecule has 0 spiro atoms. The number of hydrogen-bond donors (Lipinski definition) is 1. The lowest BCUT2D eigenvalue weighted by Crippen LogP contribution is -2.31. The molecule has 1 N–H and O–H groups in total. The number of nitrogens with zero attached hydrogens (tertiary/aromatic N) is 1. The Balaban J connectivity index is 2.12. The fourth-order valence-electron chi connectivity index (χ4n) is 2.09. The molecule has 2 aromatic rings. The van der Waals surface area contributed by atoms with E-state index in [0.717, 1.165) is 12.0 Å². The van der Waals surface area contributed by atoms with Gasteiger partial charge in [0, 0.05) is 29.6 Å². The minimum absolute atomic E-state index is 0.107. The highest BCUT2D eigenvalue weighted by Gasteiger charge is 2.13. The number of rotatable bonds is 8. The molecule has 0 aliphatic heterocycles. The average Bonchev–Trinajstić information content (AvgIpc) is 2.61. The van der Waals surface area contributed by atoms with Crippen molar-refractivity contribution in [3.63, 3.8) is 0 Å². The number of nitrogens with one attached hydrogen (secondary N) is 1. The highest BCUT2D eigenvalue weighted by molar-refractivity contribution is 5.95. The van der Waals surface area contributed by atoms with Crippen LogP contribution in [-0.4, -0.2) is 23.5 Å². The second-order valence-corrected chi connectivity index (χ2v) is 5.53. The first-order chi connectivity index (χ1) is 11.6. The van der Waals surface area contributed by atoms with Crippen molar-refractivity contribution in [2.24, 2.45) is 0 Å². The lowest BCUT2D eigenvalue weighted by atomic mass is 10.1. The van der Waals surface area contributed by atoms with Gasteiger partial charge in [-0.25, -0.2) is 0 Å². The second-order valence-electron chi connectivity index (χ2n) is 5.53. The van der Waals surface area contributed by atoms with Crippen LogP contribution in [-0.2, 0) is 6.61 Å². The SMILES string of the molecule is CCOc1cc(C(=O)NC(C)CC)ccc1OCc1cccnc1. The molecular formula is C19H24N2O3. The highest BCUT2D eigenvalue weighted by Crippen LogP contribution is 2.29. The number of amides is 1. The maximum absolute atomic E-state index is 12.2. The summed E-state index contributed by atoms with van der Waals surface area (Å²) in [6, 6.07) is 9.19. The molecule has 1 aromatic carbocycles. The van der Waals surface area contributed by atoms with E-state index < -0.39 is 0 Å². The Bertz CT molecular complexity index is 659. The van der Waals surface area contributed by atoms with E-state index in [-0.39, 0.29) is 11.9 Å². The van der Waals surface area contributed by atoms with Crippen molar-refractivity contribution in [3.05, 3.63) is 53.9 Å². The third-order valence-corrected chi connectivity index (χ3v) is 3.61. The van der Waals surface area contributed by atoms with E-state index in [2.05, 4.69) is 10.3 Å². The van der Waals surface area contributed by atoms with Gasteiger partial charge in [0.15, 0.2) is 11.5 Å². The summed E-state index contributed by atoms with van der Waals surface area (Å²) in [7, 11) is 0. The Morgan fingerprint density at radius 3 is 2.71 bits per heavy atom. The second kappa shape index (κ2) is 8.91. The Morgan fingerprint density at radius 1 is 1.21 bits per heavy atom. The summed E-state index contributed by atoms with van der Waals surface area (Å²) in [5.41, 5.74) is 1.53. The monoisotopic (exact) mass is 328 g/mol. The Kier molecular flexibility index (Phi) is 6.61. The van der Waals surface area contributed by atoms with Crippen LogP contribution in [0.4, 0.5) is 0 Å². The van der Waals surface area contributed by atoms with Crippen molar-refractivity contribution in [2.45, 2.75) is 39.8 Å². The van der Waals surface area contributed by atoms with E-state index in [4.69, 9.17) is 9.47 Å². The largest absolute Gasteiger partial charge is 0.490 e. The summed E-state index contributed by atoms with van der Waals surface area (Å²) in [5.74, 6) is 1.07. The van der Waals surface area contributed by atoms with E-state index in [1.54, 1.807) is 30.6 Å². The number of carbonyl (C=O) groups excluding carboxylic acids is 1. The van der Waals surface area contributed by atoms with Gasteiger partial charge in [-0.15, -0.1) is 0 Å². The van der Waals surface area contributed by atoms with E-state index in [1.165, 1.54) is 0 Å². The third-order valence-electron chi connectivity index (χ3n) is 3.61. The van der Waals surface area contributed by atoms with Gasteiger partial charge >= 0.3 is 0 Å². The van der Waals surface area contributed by atoms with Crippen LogP contribution in [0.5, 0.6) is 11.5 Å². The minimum Gasteiger partial charge on any atom is -0.490 e. The summed E-state index contributed by atoms with van der Waals surface area (Å²) in [4.78, 5) is 16.3. The van der Waals surface area contributed by atoms with Gasteiger partial charge in [0.2, 0.25) is 0 Å². The fourth-order valence-corrected chi connectivity index (χ4v) is 2.09. The smallest absolute Gasteiger partial charge is 0.251 e. The van der Waals surface area contributed by atoms with Crippen molar-refractivity contribution in [2.75, 3.05) is 6.61 Å². The Morgan fingerprint density at radius 2 is 2.04 bits per heavy atom. The molecule has 0 saturated carbocycles. The molecule has 0 aliphatic rings. The summed E-state index contributed by atoms with van der Waals surface area (Å²) in [6.45, 7) is 6.81. The van der Waals surface area contributed by atoms with Crippen LogP contribution in [0.2, 0.25) is 0 Å². The molecule has 0 radical (unpaired) electrons.